The summed E-state index contributed by atoms with van der Waals surface area (Å²) in [6, 6.07) is 4.11. The van der Waals surface area contributed by atoms with Crippen molar-refractivity contribution >= 4 is 11.6 Å². The zero-order valence-corrected chi connectivity index (χ0v) is 12.2. The number of ether oxygens (including phenoxy) is 2. The van der Waals surface area contributed by atoms with Crippen molar-refractivity contribution in [3.63, 3.8) is 0 Å². The number of amides is 1. The van der Waals surface area contributed by atoms with Gasteiger partial charge in [0.15, 0.2) is 0 Å². The largest absolute Gasteiger partial charge is 0.497 e. The molecule has 1 amide bonds. The summed E-state index contributed by atoms with van der Waals surface area (Å²) in [4.78, 5) is 17.2. The SMILES string of the molecule is COc1ccc(C(=O)NCC2=NOC3OCCCC23)c(F)c1. The minimum Gasteiger partial charge on any atom is -0.497 e. The molecule has 1 aromatic rings. The van der Waals surface area contributed by atoms with E-state index in [-0.39, 0.29) is 24.3 Å². The van der Waals surface area contributed by atoms with Crippen molar-refractivity contribution in [2.75, 3.05) is 20.3 Å². The van der Waals surface area contributed by atoms with Gasteiger partial charge in [-0.1, -0.05) is 5.16 Å². The van der Waals surface area contributed by atoms with Crippen molar-refractivity contribution in [2.45, 2.75) is 19.1 Å². The first-order chi connectivity index (χ1) is 10.7. The number of methoxy groups -OCH3 is 1. The summed E-state index contributed by atoms with van der Waals surface area (Å²) in [5, 5.41) is 6.62. The van der Waals surface area contributed by atoms with Gasteiger partial charge in [-0.3, -0.25) is 4.79 Å². The van der Waals surface area contributed by atoms with Gasteiger partial charge in [-0.25, -0.2) is 4.39 Å². The maximum atomic E-state index is 13.8. The van der Waals surface area contributed by atoms with E-state index in [2.05, 4.69) is 10.5 Å². The summed E-state index contributed by atoms with van der Waals surface area (Å²) >= 11 is 0. The van der Waals surface area contributed by atoms with Crippen LogP contribution in [0.3, 0.4) is 0 Å². The monoisotopic (exact) mass is 308 g/mol. The van der Waals surface area contributed by atoms with Gasteiger partial charge in [-0.2, -0.15) is 0 Å². The summed E-state index contributed by atoms with van der Waals surface area (Å²) < 4.78 is 24.2. The van der Waals surface area contributed by atoms with Crippen LogP contribution in [0.1, 0.15) is 23.2 Å². The molecule has 1 fully saturated rings. The molecule has 0 aliphatic carbocycles. The molecule has 118 valence electrons. The predicted octanol–water partition coefficient (Wildman–Crippen LogP) is 1.70. The normalized spacial score (nSPS) is 23.3. The fourth-order valence-corrected chi connectivity index (χ4v) is 2.61. The Labute approximate surface area is 127 Å². The Balaban J connectivity index is 1.61. The van der Waals surface area contributed by atoms with Crippen LogP contribution in [0.2, 0.25) is 0 Å². The van der Waals surface area contributed by atoms with E-state index in [0.717, 1.165) is 18.6 Å². The lowest BCUT2D eigenvalue weighted by Gasteiger charge is -2.23. The third-order valence-corrected chi connectivity index (χ3v) is 3.82. The molecule has 2 atom stereocenters. The topological polar surface area (TPSA) is 69.2 Å². The molecule has 2 unspecified atom stereocenters. The van der Waals surface area contributed by atoms with Crippen molar-refractivity contribution in [3.05, 3.63) is 29.6 Å². The van der Waals surface area contributed by atoms with Gasteiger partial charge in [0, 0.05) is 6.07 Å². The number of fused-ring (bicyclic) bond motifs is 1. The second kappa shape index (κ2) is 6.31. The number of oxime groups is 1. The van der Waals surface area contributed by atoms with E-state index in [0.29, 0.717) is 12.4 Å². The minimum absolute atomic E-state index is 0.0308. The van der Waals surface area contributed by atoms with E-state index in [1.54, 1.807) is 6.07 Å². The van der Waals surface area contributed by atoms with Crippen LogP contribution in [0.5, 0.6) is 5.75 Å². The number of nitrogens with zero attached hydrogens (tertiary/aromatic N) is 1. The van der Waals surface area contributed by atoms with E-state index < -0.39 is 11.7 Å². The molecule has 0 radical (unpaired) electrons. The smallest absolute Gasteiger partial charge is 0.254 e. The summed E-state index contributed by atoms with van der Waals surface area (Å²) in [6.07, 6.45) is 1.50. The van der Waals surface area contributed by atoms with E-state index >= 15 is 0 Å². The van der Waals surface area contributed by atoms with Crippen LogP contribution < -0.4 is 10.1 Å². The summed E-state index contributed by atoms with van der Waals surface area (Å²) in [7, 11) is 1.44. The fraction of sp³-hybridized carbons (Fsp3) is 0.467. The van der Waals surface area contributed by atoms with Gasteiger partial charge >= 0.3 is 0 Å². The predicted molar refractivity (Wildman–Crippen MR) is 76.3 cm³/mol. The molecule has 0 spiro atoms. The molecule has 0 saturated carbocycles. The van der Waals surface area contributed by atoms with Crippen molar-refractivity contribution in [3.8, 4) is 5.75 Å². The lowest BCUT2D eigenvalue weighted by atomic mass is 9.95. The Bertz CT molecular complexity index is 605. The highest BCUT2D eigenvalue weighted by Gasteiger charge is 2.37. The van der Waals surface area contributed by atoms with Gasteiger partial charge < -0.3 is 19.6 Å². The maximum absolute atomic E-state index is 13.8. The quantitative estimate of drug-likeness (QED) is 0.919. The zero-order valence-electron chi connectivity index (χ0n) is 12.2. The van der Waals surface area contributed by atoms with Crippen molar-refractivity contribution in [1.29, 1.82) is 0 Å². The maximum Gasteiger partial charge on any atom is 0.254 e. The van der Waals surface area contributed by atoms with Gasteiger partial charge in [0.1, 0.15) is 11.6 Å². The Morgan fingerprint density at radius 1 is 1.55 bits per heavy atom. The van der Waals surface area contributed by atoms with Gasteiger partial charge in [-0.15, -0.1) is 0 Å². The highest BCUT2D eigenvalue weighted by molar-refractivity contribution is 5.98. The summed E-state index contributed by atoms with van der Waals surface area (Å²) in [5.74, 6) is -0.692. The van der Waals surface area contributed by atoms with Crippen molar-refractivity contribution in [1.82, 2.24) is 5.32 Å². The molecule has 3 rings (SSSR count). The van der Waals surface area contributed by atoms with Gasteiger partial charge in [0.25, 0.3) is 5.91 Å². The third-order valence-electron chi connectivity index (χ3n) is 3.82. The average Bonchev–Trinajstić information content (AvgIpc) is 2.95. The molecule has 7 heteroatoms. The molecule has 1 saturated heterocycles. The highest BCUT2D eigenvalue weighted by Crippen LogP contribution is 2.28. The minimum atomic E-state index is -0.625. The molecular weight excluding hydrogens is 291 g/mol. The first kappa shape index (κ1) is 14.8. The average molecular weight is 308 g/mol. The van der Waals surface area contributed by atoms with Crippen LogP contribution in [0.25, 0.3) is 0 Å². The lowest BCUT2D eigenvalue weighted by Crippen LogP contribution is -2.37. The molecule has 1 aromatic carbocycles. The van der Waals surface area contributed by atoms with Crippen LogP contribution in [0.4, 0.5) is 4.39 Å². The third kappa shape index (κ3) is 2.89. The number of rotatable bonds is 4. The zero-order chi connectivity index (χ0) is 15.5. The summed E-state index contributed by atoms with van der Waals surface area (Å²) in [5.41, 5.74) is 0.698. The molecule has 6 nitrogen and oxygen atoms in total. The van der Waals surface area contributed by atoms with Crippen LogP contribution in [0.15, 0.2) is 23.4 Å². The Morgan fingerprint density at radius 3 is 3.18 bits per heavy atom. The van der Waals surface area contributed by atoms with E-state index in [9.17, 15) is 9.18 Å². The first-order valence-electron chi connectivity index (χ1n) is 7.15. The van der Waals surface area contributed by atoms with E-state index in [4.69, 9.17) is 14.3 Å². The fourth-order valence-electron chi connectivity index (χ4n) is 2.61. The van der Waals surface area contributed by atoms with Crippen LogP contribution >= 0.6 is 0 Å². The van der Waals surface area contributed by atoms with E-state index in [1.807, 2.05) is 0 Å². The molecule has 2 aliphatic heterocycles. The van der Waals surface area contributed by atoms with Gasteiger partial charge in [0.05, 0.1) is 37.5 Å². The van der Waals surface area contributed by atoms with Crippen LogP contribution in [-0.4, -0.2) is 38.2 Å². The number of carbonyl (C=O) groups excluding carboxylic acids is 1. The molecule has 2 heterocycles. The van der Waals surface area contributed by atoms with Crippen molar-refractivity contribution < 1.29 is 23.5 Å². The number of nitrogens with one attached hydrogen (secondary N) is 1. The number of benzene rings is 1. The number of hydrogen-bond donors (Lipinski definition) is 1. The van der Waals surface area contributed by atoms with E-state index in [1.165, 1.54) is 19.2 Å². The molecule has 2 aliphatic rings. The van der Waals surface area contributed by atoms with Crippen LogP contribution in [0, 0.1) is 11.7 Å². The standard InChI is InChI=1S/C15H17FN2O4/c1-20-9-4-5-10(12(16)7-9)14(19)17-8-13-11-3-2-6-21-15(11)22-18-13/h4-5,7,11,15H,2-3,6,8H2,1H3,(H,17,19). The highest BCUT2D eigenvalue weighted by atomic mass is 19.1. The van der Waals surface area contributed by atoms with Gasteiger partial charge in [0.2, 0.25) is 6.29 Å². The molecule has 0 bridgehead atoms. The lowest BCUT2D eigenvalue weighted by molar-refractivity contribution is -0.162. The van der Waals surface area contributed by atoms with Crippen molar-refractivity contribution in [2.24, 2.45) is 11.1 Å². The molecule has 22 heavy (non-hydrogen) atoms. The number of carbonyl (C=O) groups is 1. The summed E-state index contributed by atoms with van der Waals surface area (Å²) in [6.45, 7) is 0.877. The van der Waals surface area contributed by atoms with Crippen LogP contribution in [-0.2, 0) is 9.57 Å². The van der Waals surface area contributed by atoms with Gasteiger partial charge in [-0.05, 0) is 25.0 Å². The Hall–Kier alpha value is -2.15. The second-order valence-corrected chi connectivity index (χ2v) is 5.20. The number of halogens is 1. The Morgan fingerprint density at radius 2 is 2.41 bits per heavy atom. The second-order valence-electron chi connectivity index (χ2n) is 5.20. The molecule has 1 N–H and O–H groups in total. The first-order valence-corrected chi connectivity index (χ1v) is 7.15. The molecule has 0 aromatic heterocycles. The number of hydrogen-bond acceptors (Lipinski definition) is 5. The molecular formula is C15H17FN2O4. The Kier molecular flexibility index (Phi) is 4.24.